The van der Waals surface area contributed by atoms with Gasteiger partial charge in [-0.1, -0.05) is 36.4 Å². The number of rotatable bonds is 1. The molecule has 0 N–H and O–H groups in total. The van der Waals surface area contributed by atoms with Crippen molar-refractivity contribution in [1.82, 2.24) is 0 Å². The van der Waals surface area contributed by atoms with E-state index in [0.29, 0.717) is 12.8 Å². The number of hydrogen-bond donors (Lipinski definition) is 0. The Morgan fingerprint density at radius 1 is 1.00 bits per heavy atom. The molecular weight excluding hydrogens is 227 g/mol. The molecule has 2 aromatic carbocycles. The lowest BCUT2D eigenvalue weighted by molar-refractivity contribution is -0.119. The lowest BCUT2D eigenvalue weighted by Gasteiger charge is -2.25. The third kappa shape index (κ3) is 1.94. The Hall–Kier alpha value is -1.96. The van der Waals surface area contributed by atoms with Crippen LogP contribution >= 0.6 is 0 Å². The molecule has 18 heavy (non-hydrogen) atoms. The van der Waals surface area contributed by atoms with Gasteiger partial charge in [0.05, 0.1) is 0 Å². The van der Waals surface area contributed by atoms with E-state index in [9.17, 15) is 9.18 Å². The van der Waals surface area contributed by atoms with E-state index in [0.717, 1.165) is 11.1 Å². The van der Waals surface area contributed by atoms with Crippen LogP contribution in [0.4, 0.5) is 4.39 Å². The maximum Gasteiger partial charge on any atom is 0.138 e. The average Bonchev–Trinajstić information content (AvgIpc) is 2.38. The Morgan fingerprint density at radius 3 is 2.50 bits per heavy atom. The van der Waals surface area contributed by atoms with Gasteiger partial charge in [0.25, 0.3) is 0 Å². The van der Waals surface area contributed by atoms with Gasteiger partial charge in [-0.25, -0.2) is 4.39 Å². The average molecular weight is 240 g/mol. The zero-order valence-electron chi connectivity index (χ0n) is 9.90. The SMILES string of the molecule is O=C1Cc2ccccc2C(c2ccc(F)cc2)C1. The molecule has 0 saturated carbocycles. The molecule has 1 aliphatic carbocycles. The van der Waals surface area contributed by atoms with Crippen LogP contribution in [-0.2, 0) is 11.2 Å². The number of hydrogen-bond acceptors (Lipinski definition) is 1. The smallest absolute Gasteiger partial charge is 0.138 e. The van der Waals surface area contributed by atoms with Gasteiger partial charge in [-0.05, 0) is 28.8 Å². The molecule has 0 radical (unpaired) electrons. The highest BCUT2D eigenvalue weighted by Gasteiger charge is 2.25. The number of ketones is 1. The quantitative estimate of drug-likeness (QED) is 0.746. The monoisotopic (exact) mass is 240 g/mol. The fourth-order valence-corrected chi connectivity index (χ4v) is 2.65. The van der Waals surface area contributed by atoms with Crippen LogP contribution in [0.1, 0.15) is 29.0 Å². The van der Waals surface area contributed by atoms with Crippen LogP contribution in [0.2, 0.25) is 0 Å². The first-order valence-electron chi connectivity index (χ1n) is 6.09. The molecule has 2 heteroatoms. The topological polar surface area (TPSA) is 17.1 Å². The molecule has 1 nitrogen and oxygen atoms in total. The van der Waals surface area contributed by atoms with Gasteiger partial charge in [0.2, 0.25) is 0 Å². The molecule has 1 atom stereocenters. The van der Waals surface area contributed by atoms with Gasteiger partial charge in [0.15, 0.2) is 0 Å². The van der Waals surface area contributed by atoms with Gasteiger partial charge in [-0.2, -0.15) is 0 Å². The van der Waals surface area contributed by atoms with Crippen molar-refractivity contribution in [3.63, 3.8) is 0 Å². The molecule has 0 fully saturated rings. The highest BCUT2D eigenvalue weighted by atomic mass is 19.1. The molecule has 2 aromatic rings. The van der Waals surface area contributed by atoms with Crippen LogP contribution in [0.5, 0.6) is 0 Å². The maximum absolute atomic E-state index is 13.0. The van der Waals surface area contributed by atoms with E-state index in [4.69, 9.17) is 0 Å². The molecule has 0 heterocycles. The van der Waals surface area contributed by atoms with Crippen molar-refractivity contribution >= 4 is 5.78 Å². The number of carbonyl (C=O) groups excluding carboxylic acids is 1. The molecule has 0 saturated heterocycles. The number of Topliss-reactive ketones (excluding diaryl/α,β-unsaturated/α-hetero) is 1. The van der Waals surface area contributed by atoms with Crippen LogP contribution in [0.3, 0.4) is 0 Å². The van der Waals surface area contributed by atoms with E-state index in [1.807, 2.05) is 18.2 Å². The second-order valence-corrected chi connectivity index (χ2v) is 4.72. The third-order valence-corrected chi connectivity index (χ3v) is 3.52. The van der Waals surface area contributed by atoms with Crippen molar-refractivity contribution in [1.29, 1.82) is 0 Å². The predicted molar refractivity (Wildman–Crippen MR) is 68.0 cm³/mol. The second-order valence-electron chi connectivity index (χ2n) is 4.72. The van der Waals surface area contributed by atoms with E-state index in [-0.39, 0.29) is 17.5 Å². The summed E-state index contributed by atoms with van der Waals surface area (Å²) in [5.41, 5.74) is 3.31. The van der Waals surface area contributed by atoms with E-state index >= 15 is 0 Å². The molecule has 0 aromatic heterocycles. The summed E-state index contributed by atoms with van der Waals surface area (Å²) in [6, 6.07) is 14.5. The van der Waals surface area contributed by atoms with Crippen LogP contribution in [-0.4, -0.2) is 5.78 Å². The molecule has 90 valence electrons. The van der Waals surface area contributed by atoms with Crippen LogP contribution < -0.4 is 0 Å². The lowest BCUT2D eigenvalue weighted by atomic mass is 9.78. The Labute approximate surface area is 105 Å². The van der Waals surface area contributed by atoms with E-state index < -0.39 is 0 Å². The van der Waals surface area contributed by atoms with Gasteiger partial charge in [-0.3, -0.25) is 4.79 Å². The zero-order chi connectivity index (χ0) is 12.5. The van der Waals surface area contributed by atoms with Crippen molar-refractivity contribution in [3.05, 3.63) is 71.0 Å². The summed E-state index contributed by atoms with van der Waals surface area (Å²) in [7, 11) is 0. The van der Waals surface area contributed by atoms with E-state index in [1.54, 1.807) is 12.1 Å². The predicted octanol–water partition coefficient (Wildman–Crippen LogP) is 3.47. The summed E-state index contributed by atoms with van der Waals surface area (Å²) in [4.78, 5) is 11.8. The molecule has 0 amide bonds. The van der Waals surface area contributed by atoms with Gasteiger partial charge in [0, 0.05) is 18.8 Å². The van der Waals surface area contributed by atoms with E-state index in [1.165, 1.54) is 17.7 Å². The summed E-state index contributed by atoms with van der Waals surface area (Å²) in [6.07, 6.45) is 1.04. The second kappa shape index (κ2) is 4.37. The van der Waals surface area contributed by atoms with Crippen LogP contribution in [0.15, 0.2) is 48.5 Å². The molecule has 1 unspecified atom stereocenters. The first-order chi connectivity index (χ1) is 8.74. The van der Waals surface area contributed by atoms with Crippen molar-refractivity contribution in [3.8, 4) is 0 Å². The highest BCUT2D eigenvalue weighted by Crippen LogP contribution is 2.35. The first kappa shape index (κ1) is 11.1. The van der Waals surface area contributed by atoms with Crippen molar-refractivity contribution < 1.29 is 9.18 Å². The van der Waals surface area contributed by atoms with E-state index in [2.05, 4.69) is 6.07 Å². The third-order valence-electron chi connectivity index (χ3n) is 3.52. The lowest BCUT2D eigenvalue weighted by Crippen LogP contribution is -2.19. The fraction of sp³-hybridized carbons (Fsp3) is 0.188. The van der Waals surface area contributed by atoms with Crippen molar-refractivity contribution in [2.75, 3.05) is 0 Å². The van der Waals surface area contributed by atoms with Crippen LogP contribution in [0.25, 0.3) is 0 Å². The largest absolute Gasteiger partial charge is 0.299 e. The summed E-state index contributed by atoms with van der Waals surface area (Å²) in [5, 5.41) is 0. The normalized spacial score (nSPS) is 18.5. The minimum Gasteiger partial charge on any atom is -0.299 e. The first-order valence-corrected chi connectivity index (χ1v) is 6.09. The Morgan fingerprint density at radius 2 is 1.72 bits per heavy atom. The van der Waals surface area contributed by atoms with Crippen molar-refractivity contribution in [2.24, 2.45) is 0 Å². The Bertz CT molecular complexity index is 586. The molecule has 3 rings (SSSR count). The van der Waals surface area contributed by atoms with Crippen molar-refractivity contribution in [2.45, 2.75) is 18.8 Å². The summed E-state index contributed by atoms with van der Waals surface area (Å²) >= 11 is 0. The molecule has 0 bridgehead atoms. The standard InChI is InChI=1S/C16H13FO/c17-13-7-5-11(6-8-13)16-10-14(18)9-12-3-1-2-4-15(12)16/h1-8,16H,9-10H2. The molecule has 0 aliphatic heterocycles. The minimum absolute atomic E-state index is 0.0723. The Kier molecular flexibility index (Phi) is 2.71. The van der Waals surface area contributed by atoms with Gasteiger partial charge < -0.3 is 0 Å². The van der Waals surface area contributed by atoms with Crippen LogP contribution in [0, 0.1) is 5.82 Å². The van der Waals surface area contributed by atoms with Gasteiger partial charge in [-0.15, -0.1) is 0 Å². The Balaban J connectivity index is 2.07. The highest BCUT2D eigenvalue weighted by molar-refractivity contribution is 5.84. The van der Waals surface area contributed by atoms with Gasteiger partial charge in [0.1, 0.15) is 11.6 Å². The summed E-state index contributed by atoms with van der Waals surface area (Å²) in [6.45, 7) is 0. The number of carbonyl (C=O) groups is 1. The molecule has 1 aliphatic rings. The maximum atomic E-state index is 13.0. The number of fused-ring (bicyclic) bond motifs is 1. The zero-order valence-corrected chi connectivity index (χ0v) is 9.90. The minimum atomic E-state index is -0.242. The fourth-order valence-electron chi connectivity index (χ4n) is 2.65. The summed E-state index contributed by atoms with van der Waals surface area (Å²) in [5.74, 6) is 0.0836. The summed E-state index contributed by atoms with van der Waals surface area (Å²) < 4.78 is 13.0. The molecule has 0 spiro atoms. The number of benzene rings is 2. The molecular formula is C16H13FO. The van der Waals surface area contributed by atoms with Gasteiger partial charge >= 0.3 is 0 Å². The number of halogens is 1.